The smallest absolute Gasteiger partial charge is 0.128 e. The summed E-state index contributed by atoms with van der Waals surface area (Å²) in [5.74, 6) is -0.292. The highest BCUT2D eigenvalue weighted by Crippen LogP contribution is 2.33. The quantitative estimate of drug-likeness (QED) is 0.909. The van der Waals surface area contributed by atoms with E-state index in [1.54, 1.807) is 12.1 Å². The normalized spacial score (nSPS) is 15.5. The van der Waals surface area contributed by atoms with Crippen LogP contribution in [0.25, 0.3) is 0 Å². The molecule has 2 atom stereocenters. The van der Waals surface area contributed by atoms with E-state index in [2.05, 4.69) is 15.9 Å². The molecule has 2 N–H and O–H groups in total. The van der Waals surface area contributed by atoms with E-state index in [4.69, 9.17) is 10.5 Å². The van der Waals surface area contributed by atoms with Gasteiger partial charge in [0.15, 0.2) is 0 Å². The minimum atomic E-state index is -0.484. The monoisotopic (exact) mass is 317 g/mol. The van der Waals surface area contributed by atoms with Crippen molar-refractivity contribution in [2.45, 2.75) is 39.8 Å². The number of halogens is 2. The Bertz CT molecular complexity index is 403. The average molecular weight is 318 g/mol. The van der Waals surface area contributed by atoms with Gasteiger partial charge in [0, 0.05) is 16.6 Å². The highest BCUT2D eigenvalue weighted by Gasteiger charge is 2.33. The van der Waals surface area contributed by atoms with E-state index in [0.717, 1.165) is 4.47 Å². The molecule has 0 aromatic heterocycles. The molecule has 0 heterocycles. The summed E-state index contributed by atoms with van der Waals surface area (Å²) < 4.78 is 20.4. The maximum absolute atomic E-state index is 13.9. The number of nitrogens with two attached hydrogens (primary N) is 1. The minimum absolute atomic E-state index is 0.149. The molecule has 1 rings (SSSR count). The van der Waals surface area contributed by atoms with Gasteiger partial charge in [-0.15, -0.1) is 0 Å². The molecule has 0 aliphatic carbocycles. The van der Waals surface area contributed by atoms with Crippen LogP contribution in [0.5, 0.6) is 0 Å². The van der Waals surface area contributed by atoms with Gasteiger partial charge in [-0.2, -0.15) is 0 Å². The number of hydrogen-bond acceptors (Lipinski definition) is 2. The molecule has 2 nitrogen and oxygen atoms in total. The van der Waals surface area contributed by atoms with Gasteiger partial charge < -0.3 is 10.5 Å². The maximum Gasteiger partial charge on any atom is 0.128 e. The SMILES string of the molecule is CCOC(C(N)c1cc(Br)ccc1F)C(C)(C)C. The van der Waals surface area contributed by atoms with Crippen molar-refractivity contribution in [1.29, 1.82) is 0 Å². The summed E-state index contributed by atoms with van der Waals surface area (Å²) in [6.45, 7) is 8.61. The molecular weight excluding hydrogens is 297 g/mol. The summed E-state index contributed by atoms with van der Waals surface area (Å²) in [5.41, 5.74) is 6.53. The molecule has 0 aliphatic rings. The Hall–Kier alpha value is -0.450. The second-order valence-corrected chi connectivity index (χ2v) is 6.35. The third kappa shape index (κ3) is 3.77. The molecule has 0 bridgehead atoms. The Kier molecular flexibility index (Phi) is 5.32. The number of rotatable bonds is 4. The second kappa shape index (κ2) is 6.13. The van der Waals surface area contributed by atoms with Gasteiger partial charge in [-0.1, -0.05) is 36.7 Å². The zero-order valence-corrected chi connectivity index (χ0v) is 12.9. The van der Waals surface area contributed by atoms with Crippen LogP contribution in [0.1, 0.15) is 39.3 Å². The van der Waals surface area contributed by atoms with Gasteiger partial charge in [0.1, 0.15) is 5.82 Å². The van der Waals surface area contributed by atoms with Crippen molar-refractivity contribution in [3.63, 3.8) is 0 Å². The number of hydrogen-bond donors (Lipinski definition) is 1. The molecule has 0 radical (unpaired) electrons. The van der Waals surface area contributed by atoms with E-state index in [0.29, 0.717) is 12.2 Å². The van der Waals surface area contributed by atoms with Crippen molar-refractivity contribution in [3.8, 4) is 0 Å². The van der Waals surface area contributed by atoms with E-state index >= 15 is 0 Å². The predicted molar refractivity (Wildman–Crippen MR) is 75.9 cm³/mol. The second-order valence-electron chi connectivity index (χ2n) is 5.43. The molecule has 0 fully saturated rings. The molecule has 2 unspecified atom stereocenters. The van der Waals surface area contributed by atoms with Crippen LogP contribution in [0.3, 0.4) is 0 Å². The summed E-state index contributed by atoms with van der Waals surface area (Å²) in [7, 11) is 0. The molecule has 0 saturated carbocycles. The zero-order chi connectivity index (χ0) is 13.9. The lowest BCUT2D eigenvalue weighted by Gasteiger charge is -2.35. The van der Waals surface area contributed by atoms with E-state index in [1.807, 2.05) is 27.7 Å². The Morgan fingerprint density at radius 2 is 2.00 bits per heavy atom. The molecular formula is C14H21BrFNO. The first kappa shape index (κ1) is 15.6. The molecule has 0 amide bonds. The third-order valence-corrected chi connectivity index (χ3v) is 3.34. The van der Waals surface area contributed by atoms with E-state index in [-0.39, 0.29) is 17.3 Å². The van der Waals surface area contributed by atoms with Crippen molar-refractivity contribution < 1.29 is 9.13 Å². The number of ether oxygens (including phenoxy) is 1. The lowest BCUT2D eigenvalue weighted by atomic mass is 9.82. The molecule has 0 saturated heterocycles. The van der Waals surface area contributed by atoms with Crippen molar-refractivity contribution in [2.24, 2.45) is 11.1 Å². The molecule has 1 aromatic carbocycles. The van der Waals surface area contributed by atoms with Gasteiger partial charge >= 0.3 is 0 Å². The summed E-state index contributed by atoms with van der Waals surface area (Å²) in [4.78, 5) is 0. The predicted octanol–water partition coefficient (Wildman–Crippen LogP) is 4.04. The van der Waals surface area contributed by atoms with E-state index in [1.165, 1.54) is 6.07 Å². The van der Waals surface area contributed by atoms with E-state index < -0.39 is 6.04 Å². The van der Waals surface area contributed by atoms with Gasteiger partial charge in [0.05, 0.1) is 12.1 Å². The molecule has 0 aliphatic heterocycles. The summed E-state index contributed by atoms with van der Waals surface area (Å²) in [6.07, 6.45) is -0.230. The molecule has 102 valence electrons. The Morgan fingerprint density at radius 1 is 1.39 bits per heavy atom. The highest BCUT2D eigenvalue weighted by molar-refractivity contribution is 9.10. The summed E-state index contributed by atoms with van der Waals surface area (Å²) in [5, 5.41) is 0. The summed E-state index contributed by atoms with van der Waals surface area (Å²) in [6, 6.07) is 4.32. The first-order valence-electron chi connectivity index (χ1n) is 6.09. The Morgan fingerprint density at radius 3 is 2.50 bits per heavy atom. The first-order valence-corrected chi connectivity index (χ1v) is 6.88. The van der Waals surface area contributed by atoms with Crippen molar-refractivity contribution in [2.75, 3.05) is 6.61 Å². The highest BCUT2D eigenvalue weighted by atomic mass is 79.9. The maximum atomic E-state index is 13.9. The van der Waals surface area contributed by atoms with Crippen molar-refractivity contribution >= 4 is 15.9 Å². The molecule has 1 aromatic rings. The van der Waals surface area contributed by atoms with Crippen LogP contribution in [0.15, 0.2) is 22.7 Å². The van der Waals surface area contributed by atoms with Gasteiger partial charge in [-0.3, -0.25) is 0 Å². The van der Waals surface area contributed by atoms with Crippen LogP contribution in [0.2, 0.25) is 0 Å². The Labute approximate surface area is 117 Å². The molecule has 18 heavy (non-hydrogen) atoms. The van der Waals surface area contributed by atoms with Crippen LogP contribution in [-0.4, -0.2) is 12.7 Å². The fourth-order valence-electron chi connectivity index (χ4n) is 2.01. The van der Waals surface area contributed by atoms with Crippen LogP contribution in [-0.2, 0) is 4.74 Å². The zero-order valence-electron chi connectivity index (χ0n) is 11.3. The molecule has 0 spiro atoms. The van der Waals surface area contributed by atoms with Crippen molar-refractivity contribution in [3.05, 3.63) is 34.1 Å². The fraction of sp³-hybridized carbons (Fsp3) is 0.571. The van der Waals surface area contributed by atoms with Crippen LogP contribution in [0, 0.1) is 11.2 Å². The largest absolute Gasteiger partial charge is 0.376 e. The summed E-state index contributed by atoms with van der Waals surface area (Å²) >= 11 is 3.34. The van der Waals surface area contributed by atoms with E-state index in [9.17, 15) is 4.39 Å². The van der Waals surface area contributed by atoms with Gasteiger partial charge in [0.25, 0.3) is 0 Å². The van der Waals surface area contributed by atoms with Gasteiger partial charge in [-0.25, -0.2) is 4.39 Å². The fourth-order valence-corrected chi connectivity index (χ4v) is 2.38. The third-order valence-electron chi connectivity index (χ3n) is 2.84. The van der Waals surface area contributed by atoms with Crippen molar-refractivity contribution in [1.82, 2.24) is 0 Å². The molecule has 4 heteroatoms. The minimum Gasteiger partial charge on any atom is -0.376 e. The van der Waals surface area contributed by atoms with Gasteiger partial charge in [0.2, 0.25) is 0 Å². The first-order chi connectivity index (χ1) is 8.27. The van der Waals surface area contributed by atoms with Crippen LogP contribution < -0.4 is 5.73 Å². The lowest BCUT2D eigenvalue weighted by Crippen LogP contribution is -2.39. The topological polar surface area (TPSA) is 35.2 Å². The Balaban J connectivity index is 3.09. The van der Waals surface area contributed by atoms with Gasteiger partial charge in [-0.05, 0) is 30.5 Å². The standard InChI is InChI=1S/C14H21BrFNO/c1-5-18-13(14(2,3)4)12(17)10-8-9(15)6-7-11(10)16/h6-8,12-13H,5,17H2,1-4H3. The van der Waals surface area contributed by atoms with Crippen LogP contribution in [0.4, 0.5) is 4.39 Å². The number of benzene rings is 1. The van der Waals surface area contributed by atoms with Crippen LogP contribution >= 0.6 is 15.9 Å². The average Bonchev–Trinajstić information content (AvgIpc) is 2.27. The lowest BCUT2D eigenvalue weighted by molar-refractivity contribution is -0.0289.